The third-order valence-corrected chi connectivity index (χ3v) is 6.68. The maximum absolute atomic E-state index is 13.1. The summed E-state index contributed by atoms with van der Waals surface area (Å²) in [6.45, 7) is 2.67. The number of likely N-dealkylation sites (tertiary alicyclic amines) is 1. The molecule has 1 aliphatic heterocycles. The number of imidazole rings is 1. The number of nitrogens with one attached hydrogen (secondary N) is 2. The number of carbonyl (C=O) groups excluding carboxylic acids is 3. The van der Waals surface area contributed by atoms with Crippen molar-refractivity contribution in [3.63, 3.8) is 0 Å². The van der Waals surface area contributed by atoms with E-state index in [1.165, 1.54) is 7.11 Å². The second kappa shape index (κ2) is 12.4. The van der Waals surface area contributed by atoms with Crippen LogP contribution in [0.2, 0.25) is 0 Å². The van der Waals surface area contributed by atoms with Gasteiger partial charge in [-0.2, -0.15) is 0 Å². The molecule has 202 valence electrons. The minimum absolute atomic E-state index is 0.0913. The molecule has 0 unspecified atom stereocenters. The maximum Gasteiger partial charge on any atom is 0.407 e. The smallest absolute Gasteiger partial charge is 0.407 e. The lowest BCUT2D eigenvalue weighted by atomic mass is 9.96. The number of benzene rings is 2. The number of rotatable bonds is 10. The van der Waals surface area contributed by atoms with Gasteiger partial charge in [-0.1, -0.05) is 30.3 Å². The molecule has 11 nitrogen and oxygen atoms in total. The minimum atomic E-state index is -0.602. The highest BCUT2D eigenvalue weighted by atomic mass is 16.5. The van der Waals surface area contributed by atoms with Crippen molar-refractivity contribution in [2.24, 2.45) is 11.7 Å². The molecular weight excluding hydrogens is 488 g/mol. The topological polar surface area (TPSA) is 141 Å². The van der Waals surface area contributed by atoms with Crippen molar-refractivity contribution in [2.45, 2.75) is 32.4 Å². The number of fused-ring (bicyclic) bond motifs is 1. The standard InChI is InChI=1S/C27H34N6O5/c1-32-13-9-19(10-14-32)25(35)31-26-30-21-15-20(24(28)34)16-22(37-2)23(21)33(26)12-6-11-29-27(36)38-17-18-7-4-3-5-8-18/h3-5,7-8,15-16,19H,6,9-14,17H2,1-2H3,(H2,28,34)(H,29,36)(H,30,31,35). The van der Waals surface area contributed by atoms with Crippen molar-refractivity contribution in [2.75, 3.05) is 39.1 Å². The zero-order valence-corrected chi connectivity index (χ0v) is 21.7. The number of hydrogen-bond acceptors (Lipinski definition) is 7. The molecule has 2 heterocycles. The van der Waals surface area contributed by atoms with Gasteiger partial charge in [0.15, 0.2) is 0 Å². The molecule has 1 aliphatic rings. The summed E-state index contributed by atoms with van der Waals surface area (Å²) in [5.74, 6) is -0.0286. The van der Waals surface area contributed by atoms with Crippen molar-refractivity contribution in [3.05, 3.63) is 53.6 Å². The van der Waals surface area contributed by atoms with E-state index in [1.54, 1.807) is 12.1 Å². The monoisotopic (exact) mass is 522 g/mol. The van der Waals surface area contributed by atoms with E-state index < -0.39 is 12.0 Å². The zero-order valence-electron chi connectivity index (χ0n) is 21.7. The number of aryl methyl sites for hydroxylation is 1. The Morgan fingerprint density at radius 3 is 2.55 bits per heavy atom. The largest absolute Gasteiger partial charge is 0.494 e. The number of amides is 3. The minimum Gasteiger partial charge on any atom is -0.494 e. The van der Waals surface area contributed by atoms with Gasteiger partial charge in [-0.15, -0.1) is 0 Å². The molecule has 0 radical (unpaired) electrons. The molecule has 1 aromatic heterocycles. The van der Waals surface area contributed by atoms with E-state index in [0.717, 1.165) is 31.5 Å². The number of alkyl carbamates (subject to hydrolysis) is 1. The van der Waals surface area contributed by atoms with Crippen LogP contribution in [0.25, 0.3) is 11.0 Å². The molecule has 1 saturated heterocycles. The fourth-order valence-corrected chi connectivity index (χ4v) is 4.53. The number of anilines is 1. The average Bonchev–Trinajstić information content (AvgIpc) is 3.26. The summed E-state index contributed by atoms with van der Waals surface area (Å²) in [7, 11) is 3.54. The molecule has 4 N–H and O–H groups in total. The van der Waals surface area contributed by atoms with E-state index in [1.807, 2.05) is 41.9 Å². The molecule has 3 aromatic rings. The fourth-order valence-electron chi connectivity index (χ4n) is 4.53. The van der Waals surface area contributed by atoms with Crippen molar-refractivity contribution in [3.8, 4) is 5.75 Å². The average molecular weight is 523 g/mol. The molecule has 11 heteroatoms. The number of ether oxygens (including phenoxy) is 2. The maximum atomic E-state index is 13.1. The highest BCUT2D eigenvalue weighted by Crippen LogP contribution is 2.31. The lowest BCUT2D eigenvalue weighted by molar-refractivity contribution is -0.121. The molecule has 0 atom stereocenters. The van der Waals surface area contributed by atoms with Gasteiger partial charge in [0.1, 0.15) is 17.9 Å². The molecule has 38 heavy (non-hydrogen) atoms. The van der Waals surface area contributed by atoms with E-state index in [0.29, 0.717) is 42.2 Å². The van der Waals surface area contributed by atoms with Crippen LogP contribution < -0.4 is 21.1 Å². The number of hydrogen-bond donors (Lipinski definition) is 3. The van der Waals surface area contributed by atoms with E-state index in [4.69, 9.17) is 15.2 Å². The normalized spacial score (nSPS) is 14.3. The van der Waals surface area contributed by atoms with Crippen molar-refractivity contribution in [1.29, 1.82) is 0 Å². The van der Waals surface area contributed by atoms with Crippen LogP contribution >= 0.6 is 0 Å². The Bertz CT molecular complexity index is 1280. The first-order valence-electron chi connectivity index (χ1n) is 12.7. The summed E-state index contributed by atoms with van der Waals surface area (Å²) >= 11 is 0. The fraction of sp³-hybridized carbons (Fsp3) is 0.407. The Balaban J connectivity index is 1.47. The summed E-state index contributed by atoms with van der Waals surface area (Å²) in [4.78, 5) is 43.9. The lowest BCUT2D eigenvalue weighted by Crippen LogP contribution is -2.36. The van der Waals surface area contributed by atoms with Gasteiger partial charge in [-0.05, 0) is 57.1 Å². The number of aromatic nitrogens is 2. The van der Waals surface area contributed by atoms with Gasteiger partial charge >= 0.3 is 6.09 Å². The summed E-state index contributed by atoms with van der Waals surface area (Å²) in [6, 6.07) is 12.6. The molecule has 0 saturated carbocycles. The summed E-state index contributed by atoms with van der Waals surface area (Å²) < 4.78 is 12.6. The first-order valence-corrected chi connectivity index (χ1v) is 12.7. The third kappa shape index (κ3) is 6.60. The van der Waals surface area contributed by atoms with Crippen LogP contribution in [0, 0.1) is 5.92 Å². The third-order valence-electron chi connectivity index (χ3n) is 6.68. The number of carbonyl (C=O) groups is 3. The second-order valence-electron chi connectivity index (χ2n) is 9.41. The Morgan fingerprint density at radius 1 is 1.13 bits per heavy atom. The first-order chi connectivity index (χ1) is 18.4. The Morgan fingerprint density at radius 2 is 1.87 bits per heavy atom. The Labute approximate surface area is 221 Å². The molecule has 0 bridgehead atoms. The number of piperidine rings is 1. The van der Waals surface area contributed by atoms with Crippen molar-refractivity contribution >= 4 is 34.9 Å². The number of primary amides is 1. The van der Waals surface area contributed by atoms with Gasteiger partial charge in [0.25, 0.3) is 0 Å². The van der Waals surface area contributed by atoms with Crippen LogP contribution in [0.4, 0.5) is 10.7 Å². The first kappa shape index (κ1) is 26.9. The summed E-state index contributed by atoms with van der Waals surface area (Å²) in [5, 5.41) is 5.74. The molecule has 1 fully saturated rings. The van der Waals surface area contributed by atoms with Crippen LogP contribution in [0.5, 0.6) is 5.75 Å². The van der Waals surface area contributed by atoms with Gasteiger partial charge in [-0.25, -0.2) is 9.78 Å². The Kier molecular flexibility index (Phi) is 8.80. The number of nitrogens with two attached hydrogens (primary N) is 1. The highest BCUT2D eigenvalue weighted by molar-refractivity contribution is 6.00. The molecule has 2 aromatic carbocycles. The number of methoxy groups -OCH3 is 1. The van der Waals surface area contributed by atoms with Crippen LogP contribution in [0.3, 0.4) is 0 Å². The molecule has 0 spiro atoms. The van der Waals surface area contributed by atoms with E-state index in [-0.39, 0.29) is 24.0 Å². The quantitative estimate of drug-likeness (QED) is 0.348. The lowest BCUT2D eigenvalue weighted by Gasteiger charge is -2.28. The van der Waals surface area contributed by atoms with Crippen molar-refractivity contribution < 1.29 is 23.9 Å². The predicted molar refractivity (Wildman–Crippen MR) is 143 cm³/mol. The predicted octanol–water partition coefficient (Wildman–Crippen LogP) is 2.74. The van der Waals surface area contributed by atoms with Crippen LogP contribution in [-0.4, -0.2) is 66.2 Å². The summed E-state index contributed by atoms with van der Waals surface area (Å²) in [5.41, 5.74) is 7.76. The van der Waals surface area contributed by atoms with Crippen LogP contribution in [-0.2, 0) is 22.7 Å². The molecule has 3 amide bonds. The van der Waals surface area contributed by atoms with E-state index >= 15 is 0 Å². The van der Waals surface area contributed by atoms with Crippen LogP contribution in [0.1, 0.15) is 35.2 Å². The zero-order chi connectivity index (χ0) is 27.1. The Hall–Kier alpha value is -4.12. The molecule has 0 aliphatic carbocycles. The number of nitrogens with zero attached hydrogens (tertiary/aromatic N) is 3. The van der Waals surface area contributed by atoms with E-state index in [9.17, 15) is 14.4 Å². The molecular formula is C27H34N6O5. The summed E-state index contributed by atoms with van der Waals surface area (Å²) in [6.07, 6.45) is 1.56. The van der Waals surface area contributed by atoms with Gasteiger partial charge in [0.2, 0.25) is 17.8 Å². The van der Waals surface area contributed by atoms with Gasteiger partial charge in [-0.3, -0.25) is 14.9 Å². The van der Waals surface area contributed by atoms with Gasteiger partial charge in [0, 0.05) is 24.6 Å². The second-order valence-corrected chi connectivity index (χ2v) is 9.41. The van der Waals surface area contributed by atoms with Gasteiger partial charge < -0.3 is 30.0 Å². The molecule has 4 rings (SSSR count). The van der Waals surface area contributed by atoms with Crippen LogP contribution in [0.15, 0.2) is 42.5 Å². The SMILES string of the molecule is COc1cc(C(N)=O)cc2nc(NC(=O)C3CCN(C)CC3)n(CCCNC(=O)OCc3ccccc3)c12. The van der Waals surface area contributed by atoms with Gasteiger partial charge in [0.05, 0.1) is 12.6 Å². The van der Waals surface area contributed by atoms with Crippen molar-refractivity contribution in [1.82, 2.24) is 19.8 Å². The highest BCUT2D eigenvalue weighted by Gasteiger charge is 2.26. The van der Waals surface area contributed by atoms with E-state index in [2.05, 4.69) is 20.5 Å².